The van der Waals surface area contributed by atoms with Crippen LogP contribution < -0.4 is 11.1 Å². The van der Waals surface area contributed by atoms with E-state index in [9.17, 15) is 8.42 Å². The van der Waals surface area contributed by atoms with Gasteiger partial charge in [-0.1, -0.05) is 13.0 Å². The Labute approximate surface area is 95.1 Å². The fourth-order valence-electron chi connectivity index (χ4n) is 1.72. The molecule has 0 saturated heterocycles. The SMILES string of the molecule is CCNCC1=Cc2c(N)cccc2S1(=O)=O. The molecule has 1 aliphatic heterocycles. The molecule has 0 amide bonds. The quantitative estimate of drug-likeness (QED) is 0.771. The molecule has 1 aliphatic rings. The van der Waals surface area contributed by atoms with Crippen molar-refractivity contribution in [3.8, 4) is 0 Å². The number of nitrogen functional groups attached to an aromatic ring is 1. The van der Waals surface area contributed by atoms with E-state index in [2.05, 4.69) is 5.32 Å². The Balaban J connectivity index is 2.49. The van der Waals surface area contributed by atoms with E-state index < -0.39 is 9.84 Å². The lowest BCUT2D eigenvalue weighted by atomic mass is 10.1. The smallest absolute Gasteiger partial charge is 0.204 e. The summed E-state index contributed by atoms with van der Waals surface area (Å²) in [4.78, 5) is 0.711. The second kappa shape index (κ2) is 3.92. The molecule has 1 aromatic rings. The number of hydrogen-bond donors (Lipinski definition) is 2. The third-order valence-corrected chi connectivity index (χ3v) is 4.48. The highest BCUT2D eigenvalue weighted by Gasteiger charge is 2.29. The molecule has 1 aromatic carbocycles. The molecule has 16 heavy (non-hydrogen) atoms. The fourth-order valence-corrected chi connectivity index (χ4v) is 3.30. The number of nitrogens with one attached hydrogen (secondary N) is 1. The third-order valence-electron chi connectivity index (χ3n) is 2.59. The minimum Gasteiger partial charge on any atom is -0.398 e. The van der Waals surface area contributed by atoms with Crippen molar-refractivity contribution >= 4 is 21.6 Å². The molecule has 1 heterocycles. The summed E-state index contributed by atoms with van der Waals surface area (Å²) in [6.45, 7) is 3.02. The molecule has 5 heteroatoms. The second-order valence-corrected chi connectivity index (χ2v) is 5.62. The molecule has 0 radical (unpaired) electrons. The summed E-state index contributed by atoms with van der Waals surface area (Å²) in [5.41, 5.74) is 6.88. The van der Waals surface area contributed by atoms with Crippen molar-refractivity contribution in [2.75, 3.05) is 18.8 Å². The van der Waals surface area contributed by atoms with Crippen molar-refractivity contribution in [3.63, 3.8) is 0 Å². The Bertz CT molecular complexity index is 547. The van der Waals surface area contributed by atoms with Gasteiger partial charge in [0.15, 0.2) is 0 Å². The van der Waals surface area contributed by atoms with Gasteiger partial charge in [-0.05, 0) is 24.8 Å². The minimum absolute atomic E-state index is 0.320. The van der Waals surface area contributed by atoms with E-state index in [1.165, 1.54) is 0 Å². The largest absolute Gasteiger partial charge is 0.398 e. The lowest BCUT2D eigenvalue weighted by Crippen LogP contribution is -2.19. The number of benzene rings is 1. The Kier molecular flexibility index (Phi) is 2.73. The maximum absolute atomic E-state index is 12.1. The summed E-state index contributed by atoms with van der Waals surface area (Å²) in [5.74, 6) is 0. The van der Waals surface area contributed by atoms with Gasteiger partial charge in [0, 0.05) is 17.8 Å². The molecular weight excluding hydrogens is 224 g/mol. The lowest BCUT2D eigenvalue weighted by Gasteiger charge is -2.04. The summed E-state index contributed by atoms with van der Waals surface area (Å²) >= 11 is 0. The first-order chi connectivity index (χ1) is 7.57. The molecule has 0 unspecified atom stereocenters. The van der Waals surface area contributed by atoms with Gasteiger partial charge in [-0.15, -0.1) is 0 Å². The molecule has 3 N–H and O–H groups in total. The maximum Gasteiger partial charge on any atom is 0.204 e. The number of fused-ring (bicyclic) bond motifs is 1. The van der Waals surface area contributed by atoms with E-state index in [0.29, 0.717) is 27.6 Å². The monoisotopic (exact) mass is 238 g/mol. The summed E-state index contributed by atoms with van der Waals surface area (Å²) in [5, 5.41) is 3.01. The van der Waals surface area contributed by atoms with Gasteiger partial charge in [-0.2, -0.15) is 0 Å². The lowest BCUT2D eigenvalue weighted by molar-refractivity contribution is 0.601. The Morgan fingerprint density at radius 1 is 1.38 bits per heavy atom. The molecule has 4 nitrogen and oxygen atoms in total. The van der Waals surface area contributed by atoms with Crippen LogP contribution in [-0.2, 0) is 9.84 Å². The molecule has 0 aliphatic carbocycles. The maximum atomic E-state index is 12.1. The van der Waals surface area contributed by atoms with E-state index in [4.69, 9.17) is 5.73 Å². The zero-order chi connectivity index (χ0) is 11.8. The highest BCUT2D eigenvalue weighted by molar-refractivity contribution is 7.95. The van der Waals surface area contributed by atoms with E-state index in [0.717, 1.165) is 6.54 Å². The highest BCUT2D eigenvalue weighted by Crippen LogP contribution is 2.35. The summed E-state index contributed by atoms with van der Waals surface area (Å²) in [7, 11) is -3.32. The first kappa shape index (κ1) is 11.2. The molecule has 0 bridgehead atoms. The van der Waals surface area contributed by atoms with Crippen LogP contribution in [0, 0.1) is 0 Å². The Morgan fingerprint density at radius 2 is 2.12 bits per heavy atom. The molecular formula is C11H14N2O2S. The highest BCUT2D eigenvalue weighted by atomic mass is 32.2. The molecule has 0 saturated carbocycles. The number of sulfone groups is 1. The van der Waals surface area contributed by atoms with E-state index >= 15 is 0 Å². The van der Waals surface area contributed by atoms with Crippen LogP contribution in [-0.4, -0.2) is 21.5 Å². The van der Waals surface area contributed by atoms with E-state index in [1.54, 1.807) is 24.3 Å². The van der Waals surface area contributed by atoms with Gasteiger partial charge < -0.3 is 11.1 Å². The van der Waals surface area contributed by atoms with Crippen LogP contribution in [0.25, 0.3) is 6.08 Å². The van der Waals surface area contributed by atoms with Crippen molar-refractivity contribution in [3.05, 3.63) is 28.7 Å². The van der Waals surface area contributed by atoms with Crippen molar-refractivity contribution in [1.82, 2.24) is 5.32 Å². The Morgan fingerprint density at radius 3 is 2.75 bits per heavy atom. The molecule has 0 fully saturated rings. The normalized spacial score (nSPS) is 16.9. The number of rotatable bonds is 3. The summed E-state index contributed by atoms with van der Waals surface area (Å²) < 4.78 is 24.2. The molecule has 2 rings (SSSR count). The van der Waals surface area contributed by atoms with Gasteiger partial charge in [0.2, 0.25) is 9.84 Å². The number of nitrogens with two attached hydrogens (primary N) is 1. The van der Waals surface area contributed by atoms with E-state index in [1.807, 2.05) is 6.92 Å². The van der Waals surface area contributed by atoms with Gasteiger partial charge in [-0.3, -0.25) is 0 Å². The first-order valence-electron chi connectivity index (χ1n) is 5.12. The molecule has 0 spiro atoms. The van der Waals surface area contributed by atoms with E-state index in [-0.39, 0.29) is 0 Å². The van der Waals surface area contributed by atoms with Crippen LogP contribution in [0.4, 0.5) is 5.69 Å². The summed E-state index contributed by atoms with van der Waals surface area (Å²) in [6, 6.07) is 4.97. The van der Waals surface area contributed by atoms with Crippen LogP contribution in [0.3, 0.4) is 0 Å². The zero-order valence-corrected chi connectivity index (χ0v) is 9.84. The van der Waals surface area contributed by atoms with Gasteiger partial charge in [-0.25, -0.2) is 8.42 Å². The number of hydrogen-bond acceptors (Lipinski definition) is 4. The molecule has 0 aromatic heterocycles. The standard InChI is InChI=1S/C11H14N2O2S/c1-2-13-7-8-6-9-10(12)4-3-5-11(9)16(8,14)15/h3-6,13H,2,7,12H2,1H3. The van der Waals surface area contributed by atoms with Gasteiger partial charge in [0.05, 0.1) is 9.80 Å². The second-order valence-electron chi connectivity index (χ2n) is 3.65. The average molecular weight is 238 g/mol. The fraction of sp³-hybridized carbons (Fsp3) is 0.273. The topological polar surface area (TPSA) is 72.2 Å². The average Bonchev–Trinajstić information content (AvgIpc) is 2.50. The van der Waals surface area contributed by atoms with Crippen molar-refractivity contribution < 1.29 is 8.42 Å². The minimum atomic E-state index is -3.32. The van der Waals surface area contributed by atoms with Crippen molar-refractivity contribution in [2.45, 2.75) is 11.8 Å². The zero-order valence-electron chi connectivity index (χ0n) is 9.03. The predicted molar refractivity (Wildman–Crippen MR) is 64.6 cm³/mol. The molecule has 86 valence electrons. The van der Waals surface area contributed by atoms with Gasteiger partial charge in [0.1, 0.15) is 0 Å². The number of anilines is 1. The van der Waals surface area contributed by atoms with Crippen LogP contribution in [0.1, 0.15) is 12.5 Å². The third kappa shape index (κ3) is 1.62. The van der Waals surface area contributed by atoms with Crippen LogP contribution >= 0.6 is 0 Å². The number of likely N-dealkylation sites (N-methyl/N-ethyl adjacent to an activating group) is 1. The van der Waals surface area contributed by atoms with Crippen LogP contribution in [0.5, 0.6) is 0 Å². The first-order valence-corrected chi connectivity index (χ1v) is 6.60. The predicted octanol–water partition coefficient (Wildman–Crippen LogP) is 1.01. The van der Waals surface area contributed by atoms with Crippen molar-refractivity contribution in [2.24, 2.45) is 0 Å². The van der Waals surface area contributed by atoms with Crippen LogP contribution in [0.15, 0.2) is 28.0 Å². The van der Waals surface area contributed by atoms with Crippen molar-refractivity contribution in [1.29, 1.82) is 0 Å². The van der Waals surface area contributed by atoms with Crippen LogP contribution in [0.2, 0.25) is 0 Å². The Hall–Kier alpha value is -1.33. The molecule has 0 atom stereocenters. The van der Waals surface area contributed by atoms with Gasteiger partial charge in [0.25, 0.3) is 0 Å². The van der Waals surface area contributed by atoms with Gasteiger partial charge >= 0.3 is 0 Å². The summed E-state index contributed by atoms with van der Waals surface area (Å²) in [6.07, 6.45) is 1.66.